The summed E-state index contributed by atoms with van der Waals surface area (Å²) in [6.07, 6.45) is 3.25. The van der Waals surface area contributed by atoms with Gasteiger partial charge in [-0.15, -0.1) is 5.10 Å². The molecule has 1 aliphatic rings. The first-order chi connectivity index (χ1) is 15.6. The lowest BCUT2D eigenvalue weighted by Crippen LogP contribution is -2.49. The van der Waals surface area contributed by atoms with Crippen LogP contribution in [0.3, 0.4) is 0 Å². The number of ether oxygens (including phenoxy) is 1. The Hall–Kier alpha value is -4.27. The van der Waals surface area contributed by atoms with Gasteiger partial charge in [0, 0.05) is 18.6 Å². The van der Waals surface area contributed by atoms with E-state index in [0.29, 0.717) is 18.0 Å². The van der Waals surface area contributed by atoms with Crippen LogP contribution in [0.2, 0.25) is 0 Å². The van der Waals surface area contributed by atoms with Crippen LogP contribution < -0.4 is 15.0 Å². The zero-order chi connectivity index (χ0) is 22.1. The average Bonchev–Trinajstić information content (AvgIpc) is 3.25. The molecule has 1 atom stereocenters. The second-order valence-electron chi connectivity index (χ2n) is 7.50. The van der Waals surface area contributed by atoms with E-state index in [2.05, 4.69) is 20.6 Å². The first-order valence-corrected chi connectivity index (χ1v) is 10.1. The molecule has 0 radical (unpaired) electrons. The number of amides is 2. The monoisotopic (exact) mass is 428 g/mol. The number of nitrogens with one attached hydrogen (secondary N) is 1. The van der Waals surface area contributed by atoms with Gasteiger partial charge in [0.2, 0.25) is 0 Å². The summed E-state index contributed by atoms with van der Waals surface area (Å²) in [5, 5.41) is 11.5. The maximum Gasteiger partial charge on any atom is 0.274 e. The highest BCUT2D eigenvalue weighted by Gasteiger charge is 2.32. The summed E-state index contributed by atoms with van der Waals surface area (Å²) in [5.41, 5.74) is 2.56. The number of anilines is 1. The molecule has 1 aliphatic heterocycles. The Labute approximate surface area is 183 Å². The van der Waals surface area contributed by atoms with Gasteiger partial charge in [0.05, 0.1) is 23.9 Å². The van der Waals surface area contributed by atoms with Crippen molar-refractivity contribution in [3.63, 3.8) is 0 Å². The maximum atomic E-state index is 13.1. The minimum atomic E-state index is -0.870. The Morgan fingerprint density at radius 3 is 2.84 bits per heavy atom. The molecule has 0 spiro atoms. The van der Waals surface area contributed by atoms with Crippen LogP contribution in [-0.4, -0.2) is 51.5 Å². The van der Waals surface area contributed by atoms with Crippen molar-refractivity contribution in [1.82, 2.24) is 25.3 Å². The fraction of sp³-hybridized carbons (Fsp3) is 0.174. The van der Waals surface area contributed by atoms with E-state index in [1.165, 1.54) is 4.90 Å². The Morgan fingerprint density at radius 1 is 1.16 bits per heavy atom. The number of hydrogen-bond acceptors (Lipinski definition) is 6. The van der Waals surface area contributed by atoms with Crippen LogP contribution in [-0.2, 0) is 11.3 Å². The molecular weight excluding hydrogens is 408 g/mol. The van der Waals surface area contributed by atoms with Gasteiger partial charge in [0.15, 0.2) is 5.69 Å². The first kappa shape index (κ1) is 19.7. The highest BCUT2D eigenvalue weighted by molar-refractivity contribution is 6.08. The lowest BCUT2D eigenvalue weighted by Gasteiger charge is -2.21. The summed E-state index contributed by atoms with van der Waals surface area (Å²) in [6, 6.07) is 16.2. The highest BCUT2D eigenvalue weighted by atomic mass is 16.5. The molecule has 0 saturated heterocycles. The molecule has 2 aromatic heterocycles. The van der Waals surface area contributed by atoms with Gasteiger partial charge in [-0.2, -0.15) is 0 Å². The van der Waals surface area contributed by atoms with Crippen LogP contribution in [0, 0.1) is 0 Å². The summed E-state index contributed by atoms with van der Waals surface area (Å²) in [7, 11) is 1.66. The third-order valence-corrected chi connectivity index (χ3v) is 5.35. The lowest BCUT2D eigenvalue weighted by atomic mass is 10.1. The first-order valence-electron chi connectivity index (χ1n) is 10.1. The molecule has 0 saturated carbocycles. The fourth-order valence-corrected chi connectivity index (χ4v) is 3.75. The van der Waals surface area contributed by atoms with E-state index in [0.717, 1.165) is 16.5 Å². The maximum absolute atomic E-state index is 13.1. The van der Waals surface area contributed by atoms with Crippen molar-refractivity contribution in [3.05, 3.63) is 78.2 Å². The number of likely N-dealkylation sites (N-methyl/N-ethyl adjacent to an activating group) is 1. The predicted molar refractivity (Wildman–Crippen MR) is 117 cm³/mol. The van der Waals surface area contributed by atoms with Crippen molar-refractivity contribution < 1.29 is 14.3 Å². The molecule has 0 unspecified atom stereocenters. The Morgan fingerprint density at radius 2 is 2.00 bits per heavy atom. The predicted octanol–water partition coefficient (Wildman–Crippen LogP) is 2.03. The van der Waals surface area contributed by atoms with Crippen molar-refractivity contribution in [1.29, 1.82) is 0 Å². The average molecular weight is 428 g/mol. The number of carbonyl (C=O) groups excluding carboxylic acids is 2. The van der Waals surface area contributed by atoms with Crippen LogP contribution in [0.5, 0.6) is 5.75 Å². The molecular formula is C23H20N6O3. The van der Waals surface area contributed by atoms with E-state index in [1.54, 1.807) is 30.2 Å². The van der Waals surface area contributed by atoms with Crippen molar-refractivity contribution in [2.24, 2.45) is 0 Å². The van der Waals surface area contributed by atoms with E-state index in [4.69, 9.17) is 4.74 Å². The smallest absolute Gasteiger partial charge is 0.274 e. The number of rotatable bonds is 4. The van der Waals surface area contributed by atoms with Crippen LogP contribution in [0.15, 0.2) is 67.0 Å². The van der Waals surface area contributed by atoms with Crippen LogP contribution in [0.25, 0.3) is 10.9 Å². The fourth-order valence-electron chi connectivity index (χ4n) is 3.75. The van der Waals surface area contributed by atoms with E-state index < -0.39 is 11.9 Å². The molecule has 4 aromatic rings. The van der Waals surface area contributed by atoms with Gasteiger partial charge < -0.3 is 15.0 Å². The van der Waals surface area contributed by atoms with Gasteiger partial charge in [0.1, 0.15) is 18.4 Å². The van der Waals surface area contributed by atoms with E-state index in [1.807, 2.05) is 48.5 Å². The van der Waals surface area contributed by atoms with Gasteiger partial charge in [0.25, 0.3) is 11.8 Å². The summed E-state index contributed by atoms with van der Waals surface area (Å²) < 4.78 is 7.46. The molecule has 160 valence electrons. The van der Waals surface area contributed by atoms with Crippen LogP contribution >= 0.6 is 0 Å². The van der Waals surface area contributed by atoms with E-state index in [9.17, 15) is 9.59 Å². The molecule has 5 rings (SSSR count). The standard InChI is InChI=1S/C23H20N6O3/c1-28-21-16-8-5-11-24-17(16)9-10-20(21)32-14-19(23(28)31)25-22(30)18-13-29(27-26-18)12-15-6-3-2-4-7-15/h2-11,13,19H,12,14H2,1H3,(H,25,30)/t19-/m0/s1. The second kappa shape index (κ2) is 8.10. The topological polar surface area (TPSA) is 102 Å². The molecule has 2 aromatic carbocycles. The van der Waals surface area contributed by atoms with Crippen LogP contribution in [0.4, 0.5) is 5.69 Å². The summed E-state index contributed by atoms with van der Waals surface area (Å²) in [6.45, 7) is 0.498. The highest BCUT2D eigenvalue weighted by Crippen LogP contribution is 2.37. The number of nitrogens with zero attached hydrogens (tertiary/aromatic N) is 5. The summed E-state index contributed by atoms with van der Waals surface area (Å²) >= 11 is 0. The number of hydrogen-bond donors (Lipinski definition) is 1. The summed E-state index contributed by atoms with van der Waals surface area (Å²) in [5.74, 6) is -0.214. The molecule has 9 heteroatoms. The van der Waals surface area contributed by atoms with Gasteiger partial charge in [-0.1, -0.05) is 35.5 Å². The van der Waals surface area contributed by atoms with Crippen molar-refractivity contribution in [3.8, 4) is 5.75 Å². The molecule has 0 aliphatic carbocycles. The largest absolute Gasteiger partial charge is 0.489 e. The van der Waals surface area contributed by atoms with E-state index >= 15 is 0 Å². The minimum absolute atomic E-state index is 0.00579. The lowest BCUT2D eigenvalue weighted by molar-refractivity contribution is -0.120. The quantitative estimate of drug-likeness (QED) is 0.534. The van der Waals surface area contributed by atoms with Gasteiger partial charge in [-0.3, -0.25) is 14.6 Å². The van der Waals surface area contributed by atoms with Gasteiger partial charge in [-0.05, 0) is 29.8 Å². The SMILES string of the molecule is CN1C(=O)[C@@H](NC(=O)c2cn(Cc3ccccc3)nn2)COc2ccc3ncccc3c21. The zero-order valence-corrected chi connectivity index (χ0v) is 17.3. The van der Waals surface area contributed by atoms with Crippen molar-refractivity contribution >= 4 is 28.4 Å². The number of aromatic nitrogens is 4. The third kappa shape index (κ3) is 3.64. The third-order valence-electron chi connectivity index (χ3n) is 5.35. The van der Waals surface area contributed by atoms with Crippen LogP contribution in [0.1, 0.15) is 16.1 Å². The number of pyridine rings is 1. The Bertz CT molecular complexity index is 1300. The molecule has 0 fully saturated rings. The van der Waals surface area contributed by atoms with Crippen molar-refractivity contribution in [2.45, 2.75) is 12.6 Å². The number of carbonyl (C=O) groups is 2. The molecule has 0 bridgehead atoms. The minimum Gasteiger partial charge on any atom is -0.489 e. The molecule has 3 heterocycles. The summed E-state index contributed by atoms with van der Waals surface area (Å²) in [4.78, 5) is 31.7. The van der Waals surface area contributed by atoms with E-state index in [-0.39, 0.29) is 18.2 Å². The molecule has 32 heavy (non-hydrogen) atoms. The Balaban J connectivity index is 1.33. The molecule has 1 N–H and O–H groups in total. The van der Waals surface area contributed by atoms with Gasteiger partial charge in [-0.25, -0.2) is 4.68 Å². The zero-order valence-electron chi connectivity index (χ0n) is 17.3. The van der Waals surface area contributed by atoms with Crippen molar-refractivity contribution in [2.75, 3.05) is 18.6 Å². The number of fused-ring (bicyclic) bond motifs is 3. The number of benzene rings is 2. The molecule has 9 nitrogen and oxygen atoms in total. The second-order valence-corrected chi connectivity index (χ2v) is 7.50. The normalized spacial score (nSPS) is 15.7. The van der Waals surface area contributed by atoms with Gasteiger partial charge >= 0.3 is 0 Å². The Kier molecular flexibility index (Phi) is 4.98. The molecule has 2 amide bonds.